The summed E-state index contributed by atoms with van der Waals surface area (Å²) in [5, 5.41) is 15.5. The Balaban J connectivity index is 1.22. The lowest BCUT2D eigenvalue weighted by atomic mass is 9.43. The number of Topliss-reactive ketones (excluding diaryl/α,β-unsaturated/α-hetero) is 1. The lowest BCUT2D eigenvalue weighted by molar-refractivity contribution is -0.525. The number of amides is 1. The number of hydrazine groups is 1. The number of nitrogens with zero attached hydrogens (tertiary/aromatic N) is 2. The molecule has 4 fully saturated rings. The number of hydrogen-bond acceptors (Lipinski definition) is 8. The van der Waals surface area contributed by atoms with Gasteiger partial charge in [0.1, 0.15) is 5.78 Å². The molecule has 0 spiro atoms. The molecule has 13 heteroatoms. The summed E-state index contributed by atoms with van der Waals surface area (Å²) in [7, 11) is -0.561. The number of aliphatic imine (C=N–C) groups is 1. The molecule has 4 aliphatic rings. The van der Waals surface area contributed by atoms with Crippen molar-refractivity contribution >= 4 is 47.3 Å². The summed E-state index contributed by atoms with van der Waals surface area (Å²) < 4.78 is 13.3. The van der Waals surface area contributed by atoms with Gasteiger partial charge in [-0.1, -0.05) is 63.5 Å². The van der Waals surface area contributed by atoms with Crippen LogP contribution in [0.25, 0.3) is 10.8 Å². The van der Waals surface area contributed by atoms with Crippen LogP contribution in [0.3, 0.4) is 0 Å². The van der Waals surface area contributed by atoms with Crippen molar-refractivity contribution in [3.05, 3.63) is 52.6 Å². The van der Waals surface area contributed by atoms with Gasteiger partial charge in [-0.05, 0) is 85.1 Å². The smallest absolute Gasteiger partial charge is 0.404 e. The highest BCUT2D eigenvalue weighted by Crippen LogP contribution is 2.65. The van der Waals surface area contributed by atoms with Crippen LogP contribution in [0, 0.1) is 39.2 Å². The summed E-state index contributed by atoms with van der Waals surface area (Å²) in [4.78, 5) is 43.0. The summed E-state index contributed by atoms with van der Waals surface area (Å²) in [6, 6.07) is 14.5. The standard InChI is InChI=1S/C35H50BN5O6S/c1-22(2)17-31(36-46-30-21-26-20-29(34(26,3)4)35(30,5)47-36)39-32(43)25(11-8-15-38-33(37)40-41(44)45)18-27(42)14-16-48-28-13-12-23-9-6-7-10-24(23)19-28/h6-7,9-10,12-13,19,22,25-26,29-31H,8,11,14-18,20-21H2,1-5H3,(H,39,43)(H3,37,38,40)/t25-,26-,29-,30-,31+,35+/m1/s1. The van der Waals surface area contributed by atoms with Gasteiger partial charge in [-0.25, -0.2) is 15.1 Å². The molecule has 3 saturated carbocycles. The minimum absolute atomic E-state index is 0.000544. The molecule has 6 rings (SSSR count). The Hall–Kier alpha value is -3.16. The monoisotopic (exact) mass is 679 g/mol. The van der Waals surface area contributed by atoms with Gasteiger partial charge in [-0.3, -0.25) is 9.59 Å². The Bertz CT molecular complexity index is 1520. The number of nitrogens with one attached hydrogen (secondary N) is 2. The number of thioether (sulfide) groups is 1. The Morgan fingerprint density at radius 3 is 2.62 bits per heavy atom. The predicted molar refractivity (Wildman–Crippen MR) is 190 cm³/mol. The van der Waals surface area contributed by atoms with Gasteiger partial charge in [0.05, 0.1) is 17.6 Å². The second-order valence-electron chi connectivity index (χ2n) is 14.9. The van der Waals surface area contributed by atoms with Gasteiger partial charge in [-0.15, -0.1) is 11.8 Å². The molecule has 1 aliphatic heterocycles. The van der Waals surface area contributed by atoms with Gasteiger partial charge < -0.3 is 20.4 Å². The zero-order chi connectivity index (χ0) is 34.6. The minimum atomic E-state index is -0.771. The number of guanidine groups is 1. The molecule has 3 aliphatic carbocycles. The largest absolute Gasteiger partial charge is 0.481 e. The average Bonchev–Trinajstić information content (AvgIpc) is 3.38. The lowest BCUT2D eigenvalue weighted by Gasteiger charge is -2.64. The molecule has 48 heavy (non-hydrogen) atoms. The number of carbonyl (C=O) groups excluding carboxylic acids is 2. The van der Waals surface area contributed by atoms with Crippen molar-refractivity contribution in [3.63, 3.8) is 0 Å². The van der Waals surface area contributed by atoms with Crippen LogP contribution in [0.2, 0.25) is 0 Å². The van der Waals surface area contributed by atoms with Crippen molar-refractivity contribution in [2.75, 3.05) is 12.3 Å². The van der Waals surface area contributed by atoms with Crippen molar-refractivity contribution in [1.29, 1.82) is 0 Å². The molecular formula is C35H50BN5O6S. The highest BCUT2D eigenvalue weighted by Gasteiger charge is 2.68. The van der Waals surface area contributed by atoms with E-state index in [0.29, 0.717) is 43.3 Å². The number of ketones is 1. The van der Waals surface area contributed by atoms with Crippen LogP contribution >= 0.6 is 11.8 Å². The Morgan fingerprint density at radius 1 is 1.17 bits per heavy atom. The van der Waals surface area contributed by atoms with E-state index >= 15 is 0 Å². The molecule has 2 aromatic rings. The van der Waals surface area contributed by atoms with E-state index in [2.05, 4.69) is 75.3 Å². The third-order valence-electron chi connectivity index (χ3n) is 10.8. The number of rotatable bonds is 16. The Labute approximate surface area is 288 Å². The van der Waals surface area contributed by atoms with E-state index in [1.807, 2.05) is 17.6 Å². The van der Waals surface area contributed by atoms with Gasteiger partial charge in [0, 0.05) is 36.0 Å². The van der Waals surface area contributed by atoms with E-state index in [4.69, 9.17) is 15.0 Å². The van der Waals surface area contributed by atoms with Crippen LogP contribution in [0.5, 0.6) is 0 Å². The van der Waals surface area contributed by atoms with Crippen molar-refractivity contribution in [2.24, 2.45) is 39.8 Å². The highest BCUT2D eigenvalue weighted by molar-refractivity contribution is 7.99. The van der Waals surface area contributed by atoms with Crippen LogP contribution in [0.4, 0.5) is 0 Å². The number of hydrogen-bond donors (Lipinski definition) is 3. The lowest BCUT2D eigenvalue weighted by Crippen LogP contribution is -2.65. The van der Waals surface area contributed by atoms with E-state index < -0.39 is 23.7 Å². The van der Waals surface area contributed by atoms with Gasteiger partial charge in [-0.2, -0.15) is 0 Å². The van der Waals surface area contributed by atoms with Gasteiger partial charge >= 0.3 is 7.12 Å². The fourth-order valence-electron chi connectivity index (χ4n) is 8.03. The number of fused-ring (bicyclic) bond motifs is 1. The Kier molecular flexibility index (Phi) is 11.4. The van der Waals surface area contributed by atoms with Crippen LogP contribution in [0.15, 0.2) is 52.4 Å². The SMILES string of the molecule is CC(C)C[C@H](NC(=O)[C@H](CCCN=C(N)N[N+](=O)[O-])CC(=O)CCSc1ccc2ccccc2c1)B1O[C@@H]2C[C@H]3C[C@H](C3(C)C)[C@]2(C)O1. The Morgan fingerprint density at radius 2 is 1.92 bits per heavy atom. The molecule has 260 valence electrons. The molecule has 0 unspecified atom stereocenters. The van der Waals surface area contributed by atoms with Crippen LogP contribution < -0.4 is 16.5 Å². The van der Waals surface area contributed by atoms with Crippen molar-refractivity contribution in [2.45, 2.75) is 102 Å². The van der Waals surface area contributed by atoms with E-state index in [9.17, 15) is 19.7 Å². The number of carbonyl (C=O) groups is 2. The van der Waals surface area contributed by atoms with E-state index in [0.717, 1.165) is 23.1 Å². The second-order valence-corrected chi connectivity index (χ2v) is 16.1. The van der Waals surface area contributed by atoms with Gasteiger partial charge in [0.15, 0.2) is 5.03 Å². The van der Waals surface area contributed by atoms with Crippen molar-refractivity contribution < 1.29 is 23.9 Å². The van der Waals surface area contributed by atoms with Crippen LogP contribution in [0.1, 0.15) is 79.6 Å². The van der Waals surface area contributed by atoms with E-state index in [1.165, 1.54) is 5.39 Å². The first kappa shape index (κ1) is 36.1. The van der Waals surface area contributed by atoms with Crippen LogP contribution in [-0.4, -0.2) is 59.7 Å². The summed E-state index contributed by atoms with van der Waals surface area (Å²) in [5.41, 5.74) is 7.22. The van der Waals surface area contributed by atoms with Crippen molar-refractivity contribution in [3.8, 4) is 0 Å². The maximum absolute atomic E-state index is 13.9. The van der Waals surface area contributed by atoms with Gasteiger partial charge in [0.2, 0.25) is 5.91 Å². The molecule has 2 bridgehead atoms. The first-order valence-electron chi connectivity index (χ1n) is 17.2. The molecule has 0 aromatic heterocycles. The normalized spacial score (nSPS) is 25.7. The van der Waals surface area contributed by atoms with E-state index in [-0.39, 0.29) is 54.0 Å². The maximum Gasteiger partial charge on any atom is 0.481 e. The van der Waals surface area contributed by atoms with Crippen LogP contribution in [-0.2, 0) is 18.9 Å². The molecule has 1 saturated heterocycles. The molecule has 0 radical (unpaired) electrons. The molecular weight excluding hydrogens is 629 g/mol. The quantitative estimate of drug-likeness (QED) is 0.0392. The molecule has 1 heterocycles. The predicted octanol–water partition coefficient (Wildman–Crippen LogP) is 5.57. The average molecular weight is 680 g/mol. The first-order valence-corrected chi connectivity index (χ1v) is 18.2. The van der Waals surface area contributed by atoms with Gasteiger partial charge in [0.25, 0.3) is 5.96 Å². The third-order valence-corrected chi connectivity index (χ3v) is 11.8. The molecule has 11 nitrogen and oxygen atoms in total. The summed E-state index contributed by atoms with van der Waals surface area (Å²) in [6.07, 6.45) is 4.02. The highest BCUT2D eigenvalue weighted by atomic mass is 32.2. The topological polar surface area (TPSA) is 158 Å². The number of benzene rings is 2. The number of nitrogens with two attached hydrogens (primary N) is 1. The molecule has 1 amide bonds. The third kappa shape index (κ3) is 8.34. The molecule has 6 atom stereocenters. The number of nitro groups is 1. The fraction of sp³-hybridized carbons (Fsp3) is 0.629. The second kappa shape index (κ2) is 15.2. The summed E-state index contributed by atoms with van der Waals surface area (Å²) in [6.45, 7) is 11.2. The maximum atomic E-state index is 13.9. The van der Waals surface area contributed by atoms with Crippen molar-refractivity contribution in [1.82, 2.24) is 10.7 Å². The zero-order valence-electron chi connectivity index (χ0n) is 28.8. The minimum Gasteiger partial charge on any atom is -0.404 e. The fourth-order valence-corrected chi connectivity index (χ4v) is 8.97. The summed E-state index contributed by atoms with van der Waals surface area (Å²) in [5.74, 6) is 0.454. The molecule has 2 aromatic carbocycles. The van der Waals surface area contributed by atoms with E-state index in [1.54, 1.807) is 11.8 Å². The summed E-state index contributed by atoms with van der Waals surface area (Å²) >= 11 is 1.63. The first-order chi connectivity index (χ1) is 22.8. The molecule has 4 N–H and O–H groups in total. The zero-order valence-corrected chi connectivity index (χ0v) is 29.6.